The fourth-order valence-electron chi connectivity index (χ4n) is 4.87. The largest absolute Gasteiger partial charge is 0.504 e. The van der Waals surface area contributed by atoms with Gasteiger partial charge in [0.15, 0.2) is 23.0 Å². The van der Waals surface area contributed by atoms with Crippen molar-refractivity contribution < 1.29 is 24.4 Å². The molecule has 0 bridgehead atoms. The van der Waals surface area contributed by atoms with Crippen LogP contribution in [0.3, 0.4) is 0 Å². The summed E-state index contributed by atoms with van der Waals surface area (Å²) in [5.74, 6) is 2.03. The third-order valence-corrected chi connectivity index (χ3v) is 6.66. The predicted octanol–water partition coefficient (Wildman–Crippen LogP) is 5.67. The van der Waals surface area contributed by atoms with E-state index in [1.54, 1.807) is 14.2 Å². The van der Waals surface area contributed by atoms with Crippen molar-refractivity contribution in [3.8, 4) is 23.0 Å². The minimum absolute atomic E-state index is 0.0246. The lowest BCUT2D eigenvalue weighted by Gasteiger charge is -2.24. The predicted molar refractivity (Wildman–Crippen MR) is 142 cm³/mol. The average Bonchev–Trinajstić information content (AvgIpc) is 3.22. The zero-order valence-corrected chi connectivity index (χ0v) is 21.4. The maximum Gasteiger partial charge on any atom is 0.165 e. The van der Waals surface area contributed by atoms with Gasteiger partial charge in [-0.25, -0.2) is 0 Å². The van der Waals surface area contributed by atoms with Gasteiger partial charge in [-0.1, -0.05) is 49.4 Å². The summed E-state index contributed by atoms with van der Waals surface area (Å²) in [5, 5.41) is 20.6. The van der Waals surface area contributed by atoms with Crippen LogP contribution >= 0.6 is 0 Å². The van der Waals surface area contributed by atoms with Gasteiger partial charge in [0.05, 0.1) is 20.8 Å². The molecule has 0 spiro atoms. The number of hydrogen-bond acceptors (Lipinski definition) is 6. The standard InChI is InChI=1S/C30H35NO5/c1-5-9-22-14-25-20(2)29(36-30(25)27(15-22)35-4)23-16-24(28(33)26(17-23)34-3)19-31(12-13-32)18-21-10-7-6-8-11-21/h5-11,14-17,20,29,32-33H,12-13,18-19H2,1-4H3/t20-,29-/m1/s1. The third-order valence-electron chi connectivity index (χ3n) is 6.66. The first-order chi connectivity index (χ1) is 17.5. The molecule has 0 radical (unpaired) electrons. The molecule has 0 amide bonds. The lowest BCUT2D eigenvalue weighted by Crippen LogP contribution is -2.26. The van der Waals surface area contributed by atoms with Gasteiger partial charge < -0.3 is 24.4 Å². The van der Waals surface area contributed by atoms with Crippen LogP contribution in [0.5, 0.6) is 23.0 Å². The van der Waals surface area contributed by atoms with Gasteiger partial charge in [0, 0.05) is 36.7 Å². The summed E-state index contributed by atoms with van der Waals surface area (Å²) in [5.41, 5.74) is 4.94. The molecule has 0 fully saturated rings. The molecule has 0 unspecified atom stereocenters. The smallest absolute Gasteiger partial charge is 0.165 e. The zero-order chi connectivity index (χ0) is 25.7. The quantitative estimate of drug-likeness (QED) is 0.382. The van der Waals surface area contributed by atoms with E-state index in [-0.39, 0.29) is 24.4 Å². The highest BCUT2D eigenvalue weighted by atomic mass is 16.5. The summed E-state index contributed by atoms with van der Waals surface area (Å²) in [7, 11) is 3.21. The van der Waals surface area contributed by atoms with Crippen LogP contribution in [0.15, 0.2) is 60.7 Å². The van der Waals surface area contributed by atoms with Crippen LogP contribution in [0.25, 0.3) is 6.08 Å². The number of methoxy groups -OCH3 is 2. The number of hydrogen-bond donors (Lipinski definition) is 2. The van der Waals surface area contributed by atoms with E-state index in [0.717, 1.165) is 33.6 Å². The Hall–Kier alpha value is -3.48. The van der Waals surface area contributed by atoms with Crippen molar-refractivity contribution >= 4 is 6.08 Å². The number of aliphatic hydroxyl groups is 1. The summed E-state index contributed by atoms with van der Waals surface area (Å²) in [6, 6.07) is 18.1. The number of aliphatic hydroxyl groups excluding tert-OH is 1. The molecule has 1 aliphatic heterocycles. The molecule has 2 atom stereocenters. The Balaban J connectivity index is 1.67. The van der Waals surface area contributed by atoms with Crippen LogP contribution in [0, 0.1) is 0 Å². The highest BCUT2D eigenvalue weighted by Gasteiger charge is 2.36. The van der Waals surface area contributed by atoms with Gasteiger partial charge in [0.2, 0.25) is 0 Å². The van der Waals surface area contributed by atoms with Crippen molar-refractivity contribution in [2.45, 2.75) is 39.0 Å². The minimum atomic E-state index is -0.261. The molecule has 6 heteroatoms. The van der Waals surface area contributed by atoms with E-state index >= 15 is 0 Å². The fraction of sp³-hybridized carbons (Fsp3) is 0.333. The summed E-state index contributed by atoms with van der Waals surface area (Å²) in [6.45, 7) is 5.74. The lowest BCUT2D eigenvalue weighted by molar-refractivity contribution is 0.182. The topological polar surface area (TPSA) is 71.4 Å². The second kappa shape index (κ2) is 11.5. The summed E-state index contributed by atoms with van der Waals surface area (Å²) < 4.78 is 17.7. The normalized spacial score (nSPS) is 16.8. The minimum Gasteiger partial charge on any atom is -0.504 e. The Labute approximate surface area is 213 Å². The molecular formula is C30H35NO5. The highest BCUT2D eigenvalue weighted by Crippen LogP contribution is 2.51. The van der Waals surface area contributed by atoms with Gasteiger partial charge in [0.25, 0.3) is 0 Å². The SMILES string of the molecule is CC=Cc1cc(OC)c2c(c1)[C@@H](C)[C@H](c1cc(CN(CCO)Cc3ccccc3)c(O)c(OC)c1)O2. The van der Waals surface area contributed by atoms with Crippen molar-refractivity contribution in [1.29, 1.82) is 0 Å². The number of aromatic hydroxyl groups is 1. The number of ether oxygens (including phenoxy) is 3. The number of allylic oxidation sites excluding steroid dienone is 1. The van der Waals surface area contributed by atoms with Crippen LogP contribution in [0.2, 0.25) is 0 Å². The van der Waals surface area contributed by atoms with E-state index in [1.807, 2.05) is 55.5 Å². The van der Waals surface area contributed by atoms with E-state index in [2.05, 4.69) is 30.0 Å². The van der Waals surface area contributed by atoms with Gasteiger partial charge >= 0.3 is 0 Å². The third kappa shape index (κ3) is 5.35. The van der Waals surface area contributed by atoms with Gasteiger partial charge in [-0.2, -0.15) is 0 Å². The first-order valence-electron chi connectivity index (χ1n) is 12.3. The average molecular weight is 490 g/mol. The van der Waals surface area contributed by atoms with Crippen LogP contribution in [0.1, 0.15) is 53.7 Å². The van der Waals surface area contributed by atoms with Crippen LogP contribution in [-0.4, -0.2) is 42.5 Å². The van der Waals surface area contributed by atoms with E-state index in [4.69, 9.17) is 14.2 Å². The monoisotopic (exact) mass is 489 g/mol. The molecule has 2 N–H and O–H groups in total. The Morgan fingerprint density at radius 1 is 1.00 bits per heavy atom. The fourth-order valence-corrected chi connectivity index (χ4v) is 4.87. The van der Waals surface area contributed by atoms with E-state index in [0.29, 0.717) is 31.1 Å². The molecule has 0 saturated carbocycles. The van der Waals surface area contributed by atoms with Crippen LogP contribution < -0.4 is 14.2 Å². The van der Waals surface area contributed by atoms with Gasteiger partial charge in [-0.15, -0.1) is 0 Å². The molecule has 1 heterocycles. The number of rotatable bonds is 10. The van der Waals surface area contributed by atoms with Gasteiger partial charge in [-0.05, 0) is 47.9 Å². The van der Waals surface area contributed by atoms with Crippen molar-refractivity contribution in [1.82, 2.24) is 4.90 Å². The van der Waals surface area contributed by atoms with Gasteiger partial charge in [0.1, 0.15) is 6.10 Å². The van der Waals surface area contributed by atoms with Crippen molar-refractivity contribution in [3.05, 3.63) is 88.5 Å². The van der Waals surface area contributed by atoms with Crippen molar-refractivity contribution in [2.75, 3.05) is 27.4 Å². The second-order valence-corrected chi connectivity index (χ2v) is 9.12. The van der Waals surface area contributed by atoms with E-state index in [1.165, 1.54) is 0 Å². The number of phenols is 1. The number of fused-ring (bicyclic) bond motifs is 1. The molecule has 4 rings (SSSR count). The summed E-state index contributed by atoms with van der Waals surface area (Å²) >= 11 is 0. The van der Waals surface area contributed by atoms with Gasteiger partial charge in [-0.3, -0.25) is 4.90 Å². The Kier molecular flexibility index (Phi) is 8.18. The zero-order valence-electron chi connectivity index (χ0n) is 21.4. The van der Waals surface area contributed by atoms with Crippen molar-refractivity contribution in [3.63, 3.8) is 0 Å². The van der Waals surface area contributed by atoms with E-state index in [9.17, 15) is 10.2 Å². The molecule has 0 aromatic heterocycles. The number of phenolic OH excluding ortho intramolecular Hbond substituents is 1. The second-order valence-electron chi connectivity index (χ2n) is 9.12. The summed E-state index contributed by atoms with van der Waals surface area (Å²) in [6.07, 6.45) is 3.79. The molecule has 190 valence electrons. The Morgan fingerprint density at radius 3 is 2.42 bits per heavy atom. The molecule has 6 nitrogen and oxygen atoms in total. The summed E-state index contributed by atoms with van der Waals surface area (Å²) in [4.78, 5) is 2.10. The first-order valence-corrected chi connectivity index (χ1v) is 12.3. The number of benzene rings is 3. The van der Waals surface area contributed by atoms with Crippen molar-refractivity contribution in [2.24, 2.45) is 0 Å². The molecular weight excluding hydrogens is 454 g/mol. The van der Waals surface area contributed by atoms with E-state index < -0.39 is 0 Å². The molecule has 1 aliphatic rings. The van der Waals surface area contributed by atoms with Crippen LogP contribution in [0.4, 0.5) is 0 Å². The number of nitrogens with zero attached hydrogens (tertiary/aromatic N) is 1. The maximum atomic E-state index is 11.0. The van der Waals surface area contributed by atoms with Crippen LogP contribution in [-0.2, 0) is 13.1 Å². The molecule has 0 aliphatic carbocycles. The highest BCUT2D eigenvalue weighted by molar-refractivity contribution is 5.62. The first kappa shape index (κ1) is 25.6. The lowest BCUT2D eigenvalue weighted by atomic mass is 9.90. The molecule has 36 heavy (non-hydrogen) atoms. The maximum absolute atomic E-state index is 11.0. The Bertz CT molecular complexity index is 1210. The Morgan fingerprint density at radius 2 is 1.75 bits per heavy atom. The molecule has 3 aromatic rings. The molecule has 0 saturated heterocycles. The molecule has 3 aromatic carbocycles.